The Morgan fingerprint density at radius 3 is 2.43 bits per heavy atom. The highest BCUT2D eigenvalue weighted by atomic mass is 32.2. The first-order valence-electron chi connectivity index (χ1n) is 7.38. The Morgan fingerprint density at radius 2 is 1.86 bits per heavy atom. The van der Waals surface area contributed by atoms with Gasteiger partial charge in [-0.1, -0.05) is 6.92 Å². The van der Waals surface area contributed by atoms with Crippen LogP contribution in [0, 0.1) is 5.41 Å². The van der Waals surface area contributed by atoms with E-state index in [9.17, 15) is 8.42 Å². The Labute approximate surface area is 127 Å². The maximum atomic E-state index is 12.3. The molecule has 1 fully saturated rings. The molecule has 1 aliphatic heterocycles. The Morgan fingerprint density at radius 1 is 1.24 bits per heavy atom. The number of piperidine rings is 1. The Balaban J connectivity index is 2.00. The average Bonchev–Trinajstić information content (AvgIpc) is 2.47. The SMILES string of the molecule is CCOc1ccc(S(=O)(=O)NCC2(C)CCNCC2)cc1. The van der Waals surface area contributed by atoms with E-state index in [0.717, 1.165) is 25.9 Å². The van der Waals surface area contributed by atoms with Crippen LogP contribution in [0.15, 0.2) is 29.2 Å². The summed E-state index contributed by atoms with van der Waals surface area (Å²) in [5.41, 5.74) is 0.0313. The monoisotopic (exact) mass is 312 g/mol. The largest absolute Gasteiger partial charge is 0.494 e. The number of ether oxygens (including phenoxy) is 1. The van der Waals surface area contributed by atoms with Gasteiger partial charge in [0.05, 0.1) is 11.5 Å². The van der Waals surface area contributed by atoms with Crippen molar-refractivity contribution >= 4 is 10.0 Å². The van der Waals surface area contributed by atoms with Crippen LogP contribution in [0.25, 0.3) is 0 Å². The summed E-state index contributed by atoms with van der Waals surface area (Å²) in [5, 5.41) is 3.30. The molecule has 1 heterocycles. The Kier molecular flexibility index (Phi) is 5.24. The minimum absolute atomic E-state index is 0.0313. The fourth-order valence-electron chi connectivity index (χ4n) is 2.44. The standard InChI is InChI=1S/C15H24N2O3S/c1-3-20-13-4-6-14(7-5-13)21(18,19)17-12-15(2)8-10-16-11-9-15/h4-7,16-17H,3,8-12H2,1-2H3. The molecule has 1 aromatic rings. The lowest BCUT2D eigenvalue weighted by Crippen LogP contribution is -2.42. The van der Waals surface area contributed by atoms with Crippen LogP contribution in [0.3, 0.4) is 0 Å². The van der Waals surface area contributed by atoms with Crippen molar-refractivity contribution in [2.75, 3.05) is 26.2 Å². The summed E-state index contributed by atoms with van der Waals surface area (Å²) in [7, 11) is -3.46. The normalized spacial score (nSPS) is 18.4. The van der Waals surface area contributed by atoms with Crippen LogP contribution in [0.1, 0.15) is 26.7 Å². The second-order valence-electron chi connectivity index (χ2n) is 5.79. The van der Waals surface area contributed by atoms with Gasteiger partial charge >= 0.3 is 0 Å². The number of rotatable bonds is 6. The van der Waals surface area contributed by atoms with Gasteiger partial charge in [-0.3, -0.25) is 0 Å². The molecular weight excluding hydrogens is 288 g/mol. The van der Waals surface area contributed by atoms with Gasteiger partial charge in [0.2, 0.25) is 10.0 Å². The van der Waals surface area contributed by atoms with Gasteiger partial charge in [0.25, 0.3) is 0 Å². The highest BCUT2D eigenvalue weighted by Crippen LogP contribution is 2.27. The lowest BCUT2D eigenvalue weighted by molar-refractivity contribution is 0.232. The predicted octanol–water partition coefficient (Wildman–Crippen LogP) is 1.75. The van der Waals surface area contributed by atoms with Crippen LogP contribution >= 0.6 is 0 Å². The Hall–Kier alpha value is -1.11. The molecule has 0 spiro atoms. The molecule has 0 aromatic heterocycles. The first kappa shape index (κ1) is 16.3. The van der Waals surface area contributed by atoms with E-state index in [1.165, 1.54) is 0 Å². The van der Waals surface area contributed by atoms with Gasteiger partial charge in [-0.15, -0.1) is 0 Å². The molecule has 2 N–H and O–H groups in total. The summed E-state index contributed by atoms with van der Waals surface area (Å²) in [4.78, 5) is 0.281. The molecule has 0 aliphatic carbocycles. The van der Waals surface area contributed by atoms with Crippen molar-refractivity contribution in [3.05, 3.63) is 24.3 Å². The van der Waals surface area contributed by atoms with E-state index in [4.69, 9.17) is 4.74 Å². The van der Waals surface area contributed by atoms with Crippen LogP contribution < -0.4 is 14.8 Å². The van der Waals surface area contributed by atoms with E-state index < -0.39 is 10.0 Å². The second kappa shape index (κ2) is 6.77. The Bertz CT molecular complexity index is 549. The number of benzene rings is 1. The quantitative estimate of drug-likeness (QED) is 0.840. The first-order valence-corrected chi connectivity index (χ1v) is 8.87. The van der Waals surface area contributed by atoms with E-state index in [1.54, 1.807) is 24.3 Å². The highest BCUT2D eigenvalue weighted by Gasteiger charge is 2.28. The van der Waals surface area contributed by atoms with Crippen molar-refractivity contribution in [2.24, 2.45) is 5.41 Å². The van der Waals surface area contributed by atoms with Gasteiger partial charge in [0.1, 0.15) is 5.75 Å². The summed E-state index contributed by atoms with van der Waals surface area (Å²) in [5.74, 6) is 0.682. The predicted molar refractivity (Wildman–Crippen MR) is 83.0 cm³/mol. The first-order chi connectivity index (χ1) is 9.95. The zero-order chi connectivity index (χ0) is 15.3. The highest BCUT2D eigenvalue weighted by molar-refractivity contribution is 7.89. The average molecular weight is 312 g/mol. The summed E-state index contributed by atoms with van der Waals surface area (Å²) in [6, 6.07) is 6.53. The molecule has 0 bridgehead atoms. The fourth-order valence-corrected chi connectivity index (χ4v) is 3.64. The van der Waals surface area contributed by atoms with Gasteiger partial charge in [-0.25, -0.2) is 13.1 Å². The number of hydrogen-bond donors (Lipinski definition) is 2. The number of sulfonamides is 1. The zero-order valence-electron chi connectivity index (χ0n) is 12.7. The minimum atomic E-state index is -3.46. The van der Waals surface area contributed by atoms with Crippen molar-refractivity contribution in [2.45, 2.75) is 31.6 Å². The summed E-state index contributed by atoms with van der Waals surface area (Å²) >= 11 is 0. The summed E-state index contributed by atoms with van der Waals surface area (Å²) < 4.78 is 32.7. The van der Waals surface area contributed by atoms with Gasteiger partial charge in [0.15, 0.2) is 0 Å². The van der Waals surface area contributed by atoms with Crippen molar-refractivity contribution in [1.82, 2.24) is 10.0 Å². The molecule has 0 unspecified atom stereocenters. The molecule has 0 amide bonds. The van der Waals surface area contributed by atoms with Gasteiger partial charge < -0.3 is 10.1 Å². The molecule has 6 heteroatoms. The second-order valence-corrected chi connectivity index (χ2v) is 7.56. The third-order valence-corrected chi connectivity index (χ3v) is 5.36. The molecule has 0 saturated carbocycles. The van der Waals surface area contributed by atoms with Gasteiger partial charge in [-0.05, 0) is 62.5 Å². The molecule has 118 valence electrons. The van der Waals surface area contributed by atoms with Gasteiger partial charge in [-0.2, -0.15) is 0 Å². The maximum Gasteiger partial charge on any atom is 0.240 e. The van der Waals surface area contributed by atoms with Gasteiger partial charge in [0, 0.05) is 6.54 Å². The van der Waals surface area contributed by atoms with Crippen LogP contribution in [-0.2, 0) is 10.0 Å². The molecule has 2 rings (SSSR count). The third-order valence-electron chi connectivity index (χ3n) is 3.94. The lowest BCUT2D eigenvalue weighted by atomic mass is 9.81. The van der Waals surface area contributed by atoms with E-state index in [-0.39, 0.29) is 10.3 Å². The molecule has 0 atom stereocenters. The van der Waals surface area contributed by atoms with Crippen molar-refractivity contribution < 1.29 is 13.2 Å². The number of nitrogens with one attached hydrogen (secondary N) is 2. The van der Waals surface area contributed by atoms with Crippen LogP contribution in [0.2, 0.25) is 0 Å². The zero-order valence-corrected chi connectivity index (χ0v) is 13.5. The molecule has 1 aliphatic rings. The van der Waals surface area contributed by atoms with E-state index in [0.29, 0.717) is 18.9 Å². The molecular formula is C15H24N2O3S. The third kappa shape index (κ3) is 4.43. The van der Waals surface area contributed by atoms with Crippen molar-refractivity contribution in [3.63, 3.8) is 0 Å². The summed E-state index contributed by atoms with van der Waals surface area (Å²) in [6.07, 6.45) is 1.97. The van der Waals surface area contributed by atoms with Crippen LogP contribution in [0.5, 0.6) is 5.75 Å². The molecule has 21 heavy (non-hydrogen) atoms. The van der Waals surface area contributed by atoms with E-state index in [1.807, 2.05) is 6.92 Å². The molecule has 0 radical (unpaired) electrons. The van der Waals surface area contributed by atoms with E-state index >= 15 is 0 Å². The topological polar surface area (TPSA) is 67.4 Å². The smallest absolute Gasteiger partial charge is 0.240 e. The fraction of sp³-hybridized carbons (Fsp3) is 0.600. The van der Waals surface area contributed by atoms with Crippen molar-refractivity contribution in [1.29, 1.82) is 0 Å². The van der Waals surface area contributed by atoms with Crippen LogP contribution in [0.4, 0.5) is 0 Å². The van der Waals surface area contributed by atoms with E-state index in [2.05, 4.69) is 17.0 Å². The lowest BCUT2D eigenvalue weighted by Gasteiger charge is -2.34. The van der Waals surface area contributed by atoms with Crippen LogP contribution in [-0.4, -0.2) is 34.7 Å². The number of hydrogen-bond acceptors (Lipinski definition) is 4. The molecule has 5 nitrogen and oxygen atoms in total. The molecule has 1 saturated heterocycles. The summed E-state index contributed by atoms with van der Waals surface area (Å²) in [6.45, 7) is 6.96. The van der Waals surface area contributed by atoms with Crippen molar-refractivity contribution in [3.8, 4) is 5.75 Å². The maximum absolute atomic E-state index is 12.3. The molecule has 1 aromatic carbocycles. The minimum Gasteiger partial charge on any atom is -0.494 e.